The maximum atomic E-state index is 12.0. The van der Waals surface area contributed by atoms with E-state index in [1.54, 1.807) is 0 Å². The molecule has 1 rings (SSSR count). The zero-order chi connectivity index (χ0) is 13.1. The molecule has 1 aromatic rings. The molecular formula is C10H10BrF3O3. The van der Waals surface area contributed by atoms with Gasteiger partial charge < -0.3 is 14.6 Å². The van der Waals surface area contributed by atoms with E-state index in [0.717, 1.165) is 6.07 Å². The van der Waals surface area contributed by atoms with Crippen LogP contribution < -0.4 is 9.47 Å². The summed E-state index contributed by atoms with van der Waals surface area (Å²) in [4.78, 5) is 0. The topological polar surface area (TPSA) is 38.7 Å². The van der Waals surface area contributed by atoms with Gasteiger partial charge in [-0.15, -0.1) is 13.2 Å². The minimum Gasteiger partial charge on any atom is -0.491 e. The molecule has 1 aromatic carbocycles. The molecule has 0 amide bonds. The van der Waals surface area contributed by atoms with E-state index in [-0.39, 0.29) is 16.8 Å². The monoisotopic (exact) mass is 314 g/mol. The van der Waals surface area contributed by atoms with Gasteiger partial charge in [0.25, 0.3) is 0 Å². The zero-order valence-electron chi connectivity index (χ0n) is 8.79. The third kappa shape index (κ3) is 5.27. The molecule has 0 radical (unpaired) electrons. The SMILES string of the molecule is C[C@H](O)COc1ccc(OC(F)(F)F)c(Br)c1. The molecule has 1 N–H and O–H groups in total. The van der Waals surface area contributed by atoms with Crippen molar-refractivity contribution in [2.75, 3.05) is 6.61 Å². The minimum absolute atomic E-state index is 0.0614. The van der Waals surface area contributed by atoms with Gasteiger partial charge in [-0.05, 0) is 41.1 Å². The summed E-state index contributed by atoms with van der Waals surface area (Å²) in [5.41, 5.74) is 0. The molecule has 0 saturated heterocycles. The molecular weight excluding hydrogens is 305 g/mol. The first-order valence-corrected chi connectivity index (χ1v) is 5.43. The quantitative estimate of drug-likeness (QED) is 0.928. The summed E-state index contributed by atoms with van der Waals surface area (Å²) in [5.74, 6) is -0.00537. The molecule has 0 aliphatic carbocycles. The minimum atomic E-state index is -4.73. The van der Waals surface area contributed by atoms with Crippen LogP contribution in [0.5, 0.6) is 11.5 Å². The molecule has 96 valence electrons. The van der Waals surface area contributed by atoms with Gasteiger partial charge >= 0.3 is 6.36 Å². The lowest BCUT2D eigenvalue weighted by atomic mass is 10.3. The van der Waals surface area contributed by atoms with Crippen LogP contribution in [0.2, 0.25) is 0 Å². The van der Waals surface area contributed by atoms with Crippen molar-refractivity contribution < 1.29 is 27.8 Å². The van der Waals surface area contributed by atoms with E-state index in [1.165, 1.54) is 19.1 Å². The van der Waals surface area contributed by atoms with E-state index in [1.807, 2.05) is 0 Å². The lowest BCUT2D eigenvalue weighted by Gasteiger charge is -2.12. The summed E-state index contributed by atoms with van der Waals surface area (Å²) in [6.45, 7) is 1.60. The molecule has 17 heavy (non-hydrogen) atoms. The van der Waals surface area contributed by atoms with Crippen LogP contribution >= 0.6 is 15.9 Å². The fraction of sp³-hybridized carbons (Fsp3) is 0.400. The van der Waals surface area contributed by atoms with Gasteiger partial charge in [-0.3, -0.25) is 0 Å². The first-order chi connectivity index (χ1) is 7.78. The van der Waals surface area contributed by atoms with E-state index >= 15 is 0 Å². The van der Waals surface area contributed by atoms with Crippen molar-refractivity contribution in [1.29, 1.82) is 0 Å². The second-order valence-electron chi connectivity index (χ2n) is 3.30. The van der Waals surface area contributed by atoms with Crippen LogP contribution in [0.15, 0.2) is 22.7 Å². The smallest absolute Gasteiger partial charge is 0.491 e. The molecule has 0 aliphatic heterocycles. The standard InChI is InChI=1S/C10H10BrF3O3/c1-6(15)5-16-7-2-3-9(8(11)4-7)17-10(12,13)14/h2-4,6,15H,5H2,1H3/t6-/m0/s1. The first-order valence-electron chi connectivity index (χ1n) is 4.64. The third-order valence-corrected chi connectivity index (χ3v) is 2.24. The predicted molar refractivity (Wildman–Crippen MR) is 58.0 cm³/mol. The molecule has 0 heterocycles. The number of aliphatic hydroxyl groups excluding tert-OH is 1. The van der Waals surface area contributed by atoms with Gasteiger partial charge in [0.15, 0.2) is 0 Å². The van der Waals surface area contributed by atoms with Crippen molar-refractivity contribution in [3.8, 4) is 11.5 Å². The van der Waals surface area contributed by atoms with Crippen molar-refractivity contribution >= 4 is 15.9 Å². The van der Waals surface area contributed by atoms with Gasteiger partial charge in [0.2, 0.25) is 0 Å². The lowest BCUT2D eigenvalue weighted by molar-refractivity contribution is -0.274. The summed E-state index contributed by atoms with van der Waals surface area (Å²) < 4.78 is 44.9. The van der Waals surface area contributed by atoms with Gasteiger partial charge in [-0.25, -0.2) is 0 Å². The first kappa shape index (κ1) is 14.1. The van der Waals surface area contributed by atoms with E-state index in [0.29, 0.717) is 5.75 Å². The molecule has 0 bridgehead atoms. The molecule has 0 aromatic heterocycles. The Balaban J connectivity index is 2.72. The second-order valence-corrected chi connectivity index (χ2v) is 4.15. The summed E-state index contributed by atoms with van der Waals surface area (Å²) in [6, 6.07) is 3.80. The number of rotatable bonds is 4. The van der Waals surface area contributed by atoms with E-state index in [4.69, 9.17) is 9.84 Å². The van der Waals surface area contributed by atoms with Gasteiger partial charge in [0.05, 0.1) is 10.6 Å². The summed E-state index contributed by atoms with van der Waals surface area (Å²) in [7, 11) is 0. The lowest BCUT2D eigenvalue weighted by Crippen LogP contribution is -2.17. The van der Waals surface area contributed by atoms with E-state index in [2.05, 4.69) is 20.7 Å². The normalized spacial score (nSPS) is 13.3. The number of alkyl halides is 3. The Morgan fingerprint density at radius 2 is 2.06 bits per heavy atom. The fourth-order valence-corrected chi connectivity index (χ4v) is 1.43. The van der Waals surface area contributed by atoms with Crippen molar-refractivity contribution in [3.05, 3.63) is 22.7 Å². The van der Waals surface area contributed by atoms with Crippen molar-refractivity contribution in [3.63, 3.8) is 0 Å². The fourth-order valence-electron chi connectivity index (χ4n) is 0.996. The highest BCUT2D eigenvalue weighted by Gasteiger charge is 2.31. The third-order valence-electron chi connectivity index (χ3n) is 1.62. The molecule has 1 atom stereocenters. The van der Waals surface area contributed by atoms with Crippen LogP contribution in [0.4, 0.5) is 13.2 Å². The molecule has 0 aliphatic rings. The van der Waals surface area contributed by atoms with Crippen LogP contribution in [0.25, 0.3) is 0 Å². The molecule has 3 nitrogen and oxygen atoms in total. The van der Waals surface area contributed by atoms with Crippen molar-refractivity contribution in [1.82, 2.24) is 0 Å². The molecule has 0 unspecified atom stereocenters. The van der Waals surface area contributed by atoms with Gasteiger partial charge in [0, 0.05) is 0 Å². The zero-order valence-corrected chi connectivity index (χ0v) is 10.4. The van der Waals surface area contributed by atoms with E-state index in [9.17, 15) is 13.2 Å². The number of benzene rings is 1. The second kappa shape index (κ2) is 5.59. The Hall–Kier alpha value is -0.950. The molecule has 0 fully saturated rings. The highest BCUT2D eigenvalue weighted by atomic mass is 79.9. The molecule has 7 heteroatoms. The highest BCUT2D eigenvalue weighted by Crippen LogP contribution is 2.33. The maximum Gasteiger partial charge on any atom is 0.573 e. The average molecular weight is 315 g/mol. The van der Waals surface area contributed by atoms with Crippen molar-refractivity contribution in [2.24, 2.45) is 0 Å². The molecule has 0 saturated carbocycles. The Labute approximate surface area is 104 Å². The number of halogens is 4. The van der Waals surface area contributed by atoms with Gasteiger partial charge in [-0.2, -0.15) is 0 Å². The van der Waals surface area contributed by atoms with Crippen LogP contribution in [-0.4, -0.2) is 24.2 Å². The Bertz CT molecular complexity index is 380. The van der Waals surface area contributed by atoms with Crippen LogP contribution in [0.1, 0.15) is 6.92 Å². The maximum absolute atomic E-state index is 12.0. The number of aliphatic hydroxyl groups is 1. The van der Waals surface area contributed by atoms with Crippen LogP contribution in [0, 0.1) is 0 Å². The van der Waals surface area contributed by atoms with Crippen LogP contribution in [0.3, 0.4) is 0 Å². The van der Waals surface area contributed by atoms with Crippen LogP contribution in [-0.2, 0) is 0 Å². The predicted octanol–water partition coefficient (Wildman–Crippen LogP) is 3.11. The average Bonchev–Trinajstić information content (AvgIpc) is 2.17. The number of hydrogen-bond acceptors (Lipinski definition) is 3. The number of ether oxygens (including phenoxy) is 2. The highest BCUT2D eigenvalue weighted by molar-refractivity contribution is 9.10. The molecule has 0 spiro atoms. The summed E-state index contributed by atoms with van der Waals surface area (Å²) >= 11 is 2.94. The Kier molecular flexibility index (Phi) is 4.64. The largest absolute Gasteiger partial charge is 0.573 e. The number of hydrogen-bond donors (Lipinski definition) is 1. The van der Waals surface area contributed by atoms with E-state index < -0.39 is 12.5 Å². The summed E-state index contributed by atoms with van der Waals surface area (Å²) in [5, 5.41) is 8.98. The summed E-state index contributed by atoms with van der Waals surface area (Å²) in [6.07, 6.45) is -5.38. The van der Waals surface area contributed by atoms with Gasteiger partial charge in [-0.1, -0.05) is 0 Å². The Morgan fingerprint density at radius 3 is 2.53 bits per heavy atom. The van der Waals surface area contributed by atoms with Crippen molar-refractivity contribution in [2.45, 2.75) is 19.4 Å². The Morgan fingerprint density at radius 1 is 1.41 bits per heavy atom. The van der Waals surface area contributed by atoms with Gasteiger partial charge in [0.1, 0.15) is 18.1 Å².